The molecular formula is C15H25FN2. The van der Waals surface area contributed by atoms with E-state index in [9.17, 15) is 4.39 Å². The van der Waals surface area contributed by atoms with E-state index in [0.29, 0.717) is 6.04 Å². The zero-order chi connectivity index (χ0) is 13.5. The zero-order valence-corrected chi connectivity index (χ0v) is 11.9. The van der Waals surface area contributed by atoms with Crippen LogP contribution in [0.1, 0.15) is 38.8 Å². The molecule has 18 heavy (non-hydrogen) atoms. The third-order valence-electron chi connectivity index (χ3n) is 3.48. The van der Waals surface area contributed by atoms with E-state index in [1.165, 1.54) is 6.07 Å². The Morgan fingerprint density at radius 1 is 1.28 bits per heavy atom. The summed E-state index contributed by atoms with van der Waals surface area (Å²) in [5.74, 6) is -0.114. The van der Waals surface area contributed by atoms with Crippen molar-refractivity contribution >= 4 is 0 Å². The monoisotopic (exact) mass is 252 g/mol. The highest BCUT2D eigenvalue weighted by atomic mass is 19.1. The lowest BCUT2D eigenvalue weighted by atomic mass is 10.1. The Labute approximate surface area is 110 Å². The zero-order valence-electron chi connectivity index (χ0n) is 11.9. The second kappa shape index (κ2) is 7.49. The summed E-state index contributed by atoms with van der Waals surface area (Å²) in [5, 5.41) is 3.39. The number of nitrogens with zero attached hydrogens (tertiary/aromatic N) is 1. The van der Waals surface area contributed by atoms with Crippen LogP contribution in [0.5, 0.6) is 0 Å². The average Bonchev–Trinajstić information content (AvgIpc) is 2.36. The van der Waals surface area contributed by atoms with Gasteiger partial charge in [0.15, 0.2) is 0 Å². The first-order valence-electron chi connectivity index (χ1n) is 6.74. The maximum absolute atomic E-state index is 13.7. The van der Waals surface area contributed by atoms with Crippen LogP contribution in [0, 0.1) is 5.82 Å². The summed E-state index contributed by atoms with van der Waals surface area (Å²) in [6.07, 6.45) is 1.07. The third kappa shape index (κ3) is 4.39. The lowest BCUT2D eigenvalue weighted by Gasteiger charge is -2.26. The lowest BCUT2D eigenvalue weighted by molar-refractivity contribution is 0.243. The summed E-state index contributed by atoms with van der Waals surface area (Å²) in [4.78, 5) is 2.20. The Hall–Kier alpha value is -0.930. The molecule has 102 valence electrons. The second-order valence-corrected chi connectivity index (χ2v) is 4.93. The molecule has 2 nitrogen and oxygen atoms in total. The lowest BCUT2D eigenvalue weighted by Crippen LogP contribution is -2.32. The fourth-order valence-electron chi connectivity index (χ4n) is 2.09. The largest absolute Gasteiger partial charge is 0.314 e. The van der Waals surface area contributed by atoms with Crippen molar-refractivity contribution in [3.63, 3.8) is 0 Å². The van der Waals surface area contributed by atoms with Crippen LogP contribution in [-0.4, -0.2) is 31.1 Å². The fraction of sp³-hybridized carbons (Fsp3) is 0.600. The topological polar surface area (TPSA) is 15.3 Å². The molecule has 0 spiro atoms. The minimum absolute atomic E-state index is 0.111. The van der Waals surface area contributed by atoms with Crippen LogP contribution in [-0.2, 0) is 0 Å². The molecule has 3 heteroatoms. The normalized spacial score (nSPS) is 14.8. The number of benzene rings is 1. The quantitative estimate of drug-likeness (QED) is 0.801. The number of rotatable bonds is 7. The SMILES string of the molecule is CCNC(C)CCN(C)C(C)c1ccccc1F. The maximum Gasteiger partial charge on any atom is 0.127 e. The van der Waals surface area contributed by atoms with Crippen LogP contribution in [0.3, 0.4) is 0 Å². The van der Waals surface area contributed by atoms with Crippen LogP contribution >= 0.6 is 0 Å². The van der Waals surface area contributed by atoms with E-state index in [1.54, 1.807) is 6.07 Å². The molecule has 0 saturated heterocycles. The molecule has 0 amide bonds. The van der Waals surface area contributed by atoms with Crippen LogP contribution < -0.4 is 5.32 Å². The third-order valence-corrected chi connectivity index (χ3v) is 3.48. The Balaban J connectivity index is 2.51. The molecule has 1 aromatic rings. The molecule has 0 aliphatic heterocycles. The van der Waals surface area contributed by atoms with Gasteiger partial charge in [0.1, 0.15) is 5.82 Å². The van der Waals surface area contributed by atoms with Crippen molar-refractivity contribution in [2.75, 3.05) is 20.1 Å². The molecule has 1 rings (SSSR count). The van der Waals surface area contributed by atoms with Gasteiger partial charge in [0.05, 0.1) is 0 Å². The van der Waals surface area contributed by atoms with E-state index in [4.69, 9.17) is 0 Å². The first kappa shape index (κ1) is 15.1. The second-order valence-electron chi connectivity index (χ2n) is 4.93. The minimum Gasteiger partial charge on any atom is -0.314 e. The predicted octanol–water partition coefficient (Wildman–Crippen LogP) is 3.21. The highest BCUT2D eigenvalue weighted by Gasteiger charge is 2.15. The van der Waals surface area contributed by atoms with Gasteiger partial charge in [-0.15, -0.1) is 0 Å². The van der Waals surface area contributed by atoms with Crippen molar-refractivity contribution < 1.29 is 4.39 Å². The molecule has 0 aliphatic carbocycles. The Bertz CT molecular complexity index is 354. The van der Waals surface area contributed by atoms with Gasteiger partial charge >= 0.3 is 0 Å². The molecule has 0 aliphatic rings. The molecule has 0 radical (unpaired) electrons. The molecule has 1 aromatic carbocycles. The van der Waals surface area contributed by atoms with Gasteiger partial charge in [0.2, 0.25) is 0 Å². The van der Waals surface area contributed by atoms with Gasteiger partial charge in [0.25, 0.3) is 0 Å². The smallest absolute Gasteiger partial charge is 0.127 e. The van der Waals surface area contributed by atoms with Gasteiger partial charge in [-0.05, 0) is 46.5 Å². The summed E-state index contributed by atoms with van der Waals surface area (Å²) < 4.78 is 13.7. The van der Waals surface area contributed by atoms with Crippen LogP contribution in [0.25, 0.3) is 0 Å². The number of hydrogen-bond donors (Lipinski definition) is 1. The van der Waals surface area contributed by atoms with E-state index in [-0.39, 0.29) is 11.9 Å². The summed E-state index contributed by atoms with van der Waals surface area (Å²) in [6, 6.07) is 7.64. The van der Waals surface area contributed by atoms with Crippen molar-refractivity contribution in [3.8, 4) is 0 Å². The molecule has 0 heterocycles. The average molecular weight is 252 g/mol. The number of nitrogens with one attached hydrogen (secondary N) is 1. The van der Waals surface area contributed by atoms with Gasteiger partial charge in [-0.25, -0.2) is 4.39 Å². The summed E-state index contributed by atoms with van der Waals surface area (Å²) in [6.45, 7) is 8.31. The Morgan fingerprint density at radius 2 is 1.94 bits per heavy atom. The van der Waals surface area contributed by atoms with Crippen LogP contribution in [0.15, 0.2) is 24.3 Å². The van der Waals surface area contributed by atoms with Gasteiger partial charge in [0, 0.05) is 17.6 Å². The van der Waals surface area contributed by atoms with Crippen molar-refractivity contribution in [2.24, 2.45) is 0 Å². The molecule has 0 aromatic heterocycles. The summed E-state index contributed by atoms with van der Waals surface area (Å²) >= 11 is 0. The molecule has 0 saturated carbocycles. The van der Waals surface area contributed by atoms with E-state index in [2.05, 4.69) is 38.0 Å². The van der Waals surface area contributed by atoms with E-state index < -0.39 is 0 Å². The van der Waals surface area contributed by atoms with E-state index >= 15 is 0 Å². The highest BCUT2D eigenvalue weighted by Crippen LogP contribution is 2.21. The minimum atomic E-state index is -0.114. The summed E-state index contributed by atoms with van der Waals surface area (Å²) in [5.41, 5.74) is 0.774. The Kier molecular flexibility index (Phi) is 6.30. The van der Waals surface area contributed by atoms with Crippen molar-refractivity contribution in [1.82, 2.24) is 10.2 Å². The van der Waals surface area contributed by atoms with Gasteiger partial charge in [-0.1, -0.05) is 25.1 Å². The van der Waals surface area contributed by atoms with Crippen molar-refractivity contribution in [3.05, 3.63) is 35.6 Å². The number of hydrogen-bond acceptors (Lipinski definition) is 2. The van der Waals surface area contributed by atoms with Crippen LogP contribution in [0.4, 0.5) is 4.39 Å². The molecule has 0 bridgehead atoms. The highest BCUT2D eigenvalue weighted by molar-refractivity contribution is 5.20. The van der Waals surface area contributed by atoms with Crippen molar-refractivity contribution in [2.45, 2.75) is 39.3 Å². The first-order chi connectivity index (χ1) is 8.56. The van der Waals surface area contributed by atoms with Gasteiger partial charge < -0.3 is 5.32 Å². The fourth-order valence-corrected chi connectivity index (χ4v) is 2.09. The molecule has 1 N–H and O–H groups in total. The Morgan fingerprint density at radius 3 is 2.56 bits per heavy atom. The summed E-state index contributed by atoms with van der Waals surface area (Å²) in [7, 11) is 2.05. The van der Waals surface area contributed by atoms with Crippen LogP contribution in [0.2, 0.25) is 0 Å². The molecular weight excluding hydrogens is 227 g/mol. The molecule has 2 atom stereocenters. The van der Waals surface area contributed by atoms with Crippen molar-refractivity contribution in [1.29, 1.82) is 0 Å². The first-order valence-corrected chi connectivity index (χ1v) is 6.74. The number of halogens is 1. The standard InChI is InChI=1S/C15H25FN2/c1-5-17-12(2)10-11-18(4)13(3)14-8-6-7-9-15(14)16/h6-9,12-13,17H,5,10-11H2,1-4H3. The van der Waals surface area contributed by atoms with Gasteiger partial charge in [-0.2, -0.15) is 0 Å². The van der Waals surface area contributed by atoms with E-state index in [0.717, 1.165) is 25.1 Å². The van der Waals surface area contributed by atoms with Gasteiger partial charge in [-0.3, -0.25) is 4.90 Å². The molecule has 0 fully saturated rings. The van der Waals surface area contributed by atoms with E-state index in [1.807, 2.05) is 12.1 Å². The molecule has 2 unspecified atom stereocenters. The maximum atomic E-state index is 13.7. The predicted molar refractivity (Wildman–Crippen MR) is 75.2 cm³/mol.